The van der Waals surface area contributed by atoms with Crippen molar-refractivity contribution >= 4 is 11.8 Å². The smallest absolute Gasteiger partial charge is 0.242 e. The monoisotopic (exact) mass is 358 g/mol. The summed E-state index contributed by atoms with van der Waals surface area (Å²) in [5.41, 5.74) is 0.782. The van der Waals surface area contributed by atoms with Crippen LogP contribution in [0.4, 0.5) is 0 Å². The van der Waals surface area contributed by atoms with E-state index in [1.165, 1.54) is 0 Å². The highest BCUT2D eigenvalue weighted by Crippen LogP contribution is 2.21. The van der Waals surface area contributed by atoms with Crippen LogP contribution in [0.5, 0.6) is 5.75 Å². The number of methoxy groups -OCH3 is 1. The minimum Gasteiger partial charge on any atom is -0.497 e. The zero-order chi connectivity index (χ0) is 18.5. The van der Waals surface area contributed by atoms with Gasteiger partial charge in [-0.25, -0.2) is 0 Å². The Morgan fingerprint density at radius 2 is 2.31 bits per heavy atom. The highest BCUT2D eigenvalue weighted by atomic mass is 16.5. The van der Waals surface area contributed by atoms with Crippen LogP contribution in [0.3, 0.4) is 0 Å². The molecule has 26 heavy (non-hydrogen) atoms. The number of carbonyl (C=O) groups is 2. The molecular formula is C18H22N4O4. The van der Waals surface area contributed by atoms with Crippen LogP contribution < -0.4 is 10.1 Å². The second kappa shape index (κ2) is 7.99. The van der Waals surface area contributed by atoms with Crippen molar-refractivity contribution in [1.82, 2.24) is 20.4 Å². The molecule has 1 aromatic heterocycles. The van der Waals surface area contributed by atoms with E-state index in [1.54, 1.807) is 12.0 Å². The van der Waals surface area contributed by atoms with Gasteiger partial charge in [0.2, 0.25) is 23.5 Å². The average molecular weight is 358 g/mol. The van der Waals surface area contributed by atoms with Crippen LogP contribution >= 0.6 is 0 Å². The fraction of sp³-hybridized carbons (Fsp3) is 0.444. The summed E-state index contributed by atoms with van der Waals surface area (Å²) in [6.45, 7) is 2.91. The fourth-order valence-electron chi connectivity index (χ4n) is 3.01. The molecule has 2 aromatic rings. The molecule has 1 aliphatic rings. The molecule has 0 aliphatic carbocycles. The predicted molar refractivity (Wildman–Crippen MR) is 93.4 cm³/mol. The number of rotatable bonds is 6. The lowest BCUT2D eigenvalue weighted by Crippen LogP contribution is -2.56. The number of hydrogen-bond acceptors (Lipinski definition) is 6. The number of piperazine rings is 1. The van der Waals surface area contributed by atoms with Crippen LogP contribution in [0.15, 0.2) is 28.8 Å². The lowest BCUT2D eigenvalue weighted by atomic mass is 10.1. The second-order valence-electron chi connectivity index (χ2n) is 6.05. The Morgan fingerprint density at radius 3 is 3.08 bits per heavy atom. The maximum Gasteiger partial charge on any atom is 0.242 e. The molecule has 1 N–H and O–H groups in total. The number of hydrogen-bond donors (Lipinski definition) is 1. The standard InChI is InChI=1S/C18H22N4O4/c1-3-14-18(24)19-9-10-22(14)16(23)8-7-15-20-17(21-26-15)12-5-4-6-13(11-12)25-2/h4-6,11,14H,3,7-10H2,1-2H3,(H,19,24). The Kier molecular flexibility index (Phi) is 5.50. The molecule has 0 radical (unpaired) electrons. The first kappa shape index (κ1) is 17.9. The number of aromatic nitrogens is 2. The lowest BCUT2D eigenvalue weighted by molar-refractivity contribution is -0.143. The van der Waals surface area contributed by atoms with Gasteiger partial charge in [-0.3, -0.25) is 9.59 Å². The van der Waals surface area contributed by atoms with Gasteiger partial charge in [0, 0.05) is 31.5 Å². The predicted octanol–water partition coefficient (Wildman–Crippen LogP) is 1.41. The molecule has 2 heterocycles. The van der Waals surface area contributed by atoms with Crippen molar-refractivity contribution in [2.75, 3.05) is 20.2 Å². The van der Waals surface area contributed by atoms with Crippen LogP contribution in [0.1, 0.15) is 25.7 Å². The van der Waals surface area contributed by atoms with E-state index in [0.29, 0.717) is 43.4 Å². The van der Waals surface area contributed by atoms with E-state index in [0.717, 1.165) is 5.56 Å². The number of ether oxygens (including phenoxy) is 1. The second-order valence-corrected chi connectivity index (χ2v) is 6.05. The van der Waals surface area contributed by atoms with Crippen molar-refractivity contribution in [2.45, 2.75) is 32.2 Å². The molecule has 0 saturated carbocycles. The molecule has 1 aliphatic heterocycles. The van der Waals surface area contributed by atoms with Crippen molar-refractivity contribution in [3.8, 4) is 17.1 Å². The van der Waals surface area contributed by atoms with Gasteiger partial charge in [-0.05, 0) is 18.6 Å². The molecule has 8 heteroatoms. The van der Waals surface area contributed by atoms with Gasteiger partial charge in [0.15, 0.2) is 0 Å². The van der Waals surface area contributed by atoms with Gasteiger partial charge in [0.25, 0.3) is 0 Å². The van der Waals surface area contributed by atoms with Crippen LogP contribution in [-0.2, 0) is 16.0 Å². The van der Waals surface area contributed by atoms with E-state index in [-0.39, 0.29) is 18.2 Å². The highest BCUT2D eigenvalue weighted by Gasteiger charge is 2.31. The molecule has 1 atom stereocenters. The summed E-state index contributed by atoms with van der Waals surface area (Å²) in [5, 5.41) is 6.75. The third kappa shape index (κ3) is 3.84. The Morgan fingerprint density at radius 1 is 1.46 bits per heavy atom. The third-order valence-corrected chi connectivity index (χ3v) is 4.39. The molecule has 2 amide bonds. The van der Waals surface area contributed by atoms with E-state index in [4.69, 9.17) is 9.26 Å². The van der Waals surface area contributed by atoms with Crippen molar-refractivity contribution in [1.29, 1.82) is 0 Å². The fourth-order valence-corrected chi connectivity index (χ4v) is 3.01. The molecule has 0 bridgehead atoms. The normalized spacial score (nSPS) is 17.1. The zero-order valence-electron chi connectivity index (χ0n) is 14.9. The summed E-state index contributed by atoms with van der Waals surface area (Å²) in [6, 6.07) is 6.96. The molecule has 1 fully saturated rings. The number of nitrogens with zero attached hydrogens (tertiary/aromatic N) is 3. The average Bonchev–Trinajstić information content (AvgIpc) is 3.15. The molecular weight excluding hydrogens is 336 g/mol. The molecule has 8 nitrogen and oxygen atoms in total. The van der Waals surface area contributed by atoms with Crippen LogP contribution in [0, 0.1) is 0 Å². The van der Waals surface area contributed by atoms with Crippen molar-refractivity contribution < 1.29 is 18.8 Å². The summed E-state index contributed by atoms with van der Waals surface area (Å²) in [4.78, 5) is 30.3. The van der Waals surface area contributed by atoms with Gasteiger partial charge in [-0.1, -0.05) is 24.2 Å². The summed E-state index contributed by atoms with van der Waals surface area (Å²) >= 11 is 0. The molecule has 3 rings (SSSR count). The van der Waals surface area contributed by atoms with E-state index >= 15 is 0 Å². The highest BCUT2D eigenvalue weighted by molar-refractivity contribution is 5.88. The van der Waals surface area contributed by atoms with Crippen LogP contribution in [-0.4, -0.2) is 53.1 Å². The van der Waals surface area contributed by atoms with Gasteiger partial charge in [-0.15, -0.1) is 0 Å². The van der Waals surface area contributed by atoms with Gasteiger partial charge >= 0.3 is 0 Å². The van der Waals surface area contributed by atoms with E-state index in [1.807, 2.05) is 31.2 Å². The Hall–Kier alpha value is -2.90. The van der Waals surface area contributed by atoms with Gasteiger partial charge in [0.1, 0.15) is 11.8 Å². The molecule has 1 saturated heterocycles. The Bertz CT molecular complexity index is 789. The number of amides is 2. The number of carbonyl (C=O) groups excluding carboxylic acids is 2. The number of aryl methyl sites for hydroxylation is 1. The molecule has 138 valence electrons. The van der Waals surface area contributed by atoms with E-state index in [9.17, 15) is 9.59 Å². The van der Waals surface area contributed by atoms with Crippen molar-refractivity contribution in [3.63, 3.8) is 0 Å². The van der Waals surface area contributed by atoms with Gasteiger partial charge in [-0.2, -0.15) is 4.98 Å². The van der Waals surface area contributed by atoms with Crippen LogP contribution in [0.2, 0.25) is 0 Å². The maximum absolute atomic E-state index is 12.5. The first-order valence-corrected chi connectivity index (χ1v) is 8.66. The van der Waals surface area contributed by atoms with E-state index < -0.39 is 6.04 Å². The minimum atomic E-state index is -0.397. The van der Waals surface area contributed by atoms with E-state index in [2.05, 4.69) is 15.5 Å². The number of benzene rings is 1. The van der Waals surface area contributed by atoms with Crippen LogP contribution in [0.25, 0.3) is 11.4 Å². The Labute approximate surface area is 151 Å². The van der Waals surface area contributed by atoms with Crippen molar-refractivity contribution in [2.24, 2.45) is 0 Å². The largest absolute Gasteiger partial charge is 0.497 e. The molecule has 1 aromatic carbocycles. The number of nitrogens with one attached hydrogen (secondary N) is 1. The first-order chi connectivity index (χ1) is 12.6. The minimum absolute atomic E-state index is 0.0761. The molecule has 0 spiro atoms. The maximum atomic E-state index is 12.5. The zero-order valence-corrected chi connectivity index (χ0v) is 14.9. The Balaban J connectivity index is 1.62. The summed E-state index contributed by atoms with van der Waals surface area (Å²) in [6.07, 6.45) is 1.16. The van der Waals surface area contributed by atoms with Gasteiger partial charge < -0.3 is 19.5 Å². The summed E-state index contributed by atoms with van der Waals surface area (Å²) < 4.78 is 10.4. The first-order valence-electron chi connectivity index (χ1n) is 8.66. The molecule has 1 unspecified atom stereocenters. The third-order valence-electron chi connectivity index (χ3n) is 4.39. The lowest BCUT2D eigenvalue weighted by Gasteiger charge is -2.34. The summed E-state index contributed by atoms with van der Waals surface area (Å²) in [5.74, 6) is 1.39. The quantitative estimate of drug-likeness (QED) is 0.839. The topological polar surface area (TPSA) is 97.6 Å². The SMILES string of the molecule is CCC1C(=O)NCCN1C(=O)CCc1nc(-c2cccc(OC)c2)no1. The van der Waals surface area contributed by atoms with Gasteiger partial charge in [0.05, 0.1) is 7.11 Å². The van der Waals surface area contributed by atoms with Crippen molar-refractivity contribution in [3.05, 3.63) is 30.2 Å². The summed E-state index contributed by atoms with van der Waals surface area (Å²) in [7, 11) is 1.59.